The first kappa shape index (κ1) is 16.4. The van der Waals surface area contributed by atoms with Gasteiger partial charge in [0, 0.05) is 17.4 Å². The van der Waals surface area contributed by atoms with Crippen LogP contribution in [0.15, 0.2) is 18.2 Å². The Kier molecular flexibility index (Phi) is 7.32. The number of hydrogen-bond donors (Lipinski definition) is 1. The lowest BCUT2D eigenvalue weighted by Gasteiger charge is -2.14. The molecular weight excluding hydrogens is 254 g/mol. The molecule has 0 aliphatic carbocycles. The maximum absolute atomic E-state index is 5.95. The molecule has 0 saturated carbocycles. The van der Waals surface area contributed by atoms with E-state index in [0.717, 1.165) is 17.4 Å². The van der Waals surface area contributed by atoms with Crippen LogP contribution in [0.25, 0.3) is 0 Å². The van der Waals surface area contributed by atoms with Crippen LogP contribution in [0.3, 0.4) is 0 Å². The summed E-state index contributed by atoms with van der Waals surface area (Å²) in [7, 11) is 0. The summed E-state index contributed by atoms with van der Waals surface area (Å²) in [5, 5.41) is 0. The monoisotopic (exact) mass is 281 g/mol. The summed E-state index contributed by atoms with van der Waals surface area (Å²) >= 11 is 1.97. The Bertz CT molecular complexity index is 377. The zero-order valence-electron chi connectivity index (χ0n) is 12.6. The van der Waals surface area contributed by atoms with Gasteiger partial charge in [-0.15, -0.1) is 0 Å². The average Bonchev–Trinajstić information content (AvgIpc) is 2.36. The van der Waals surface area contributed by atoms with Crippen molar-refractivity contribution in [2.75, 3.05) is 12.4 Å². The largest absolute Gasteiger partial charge is 0.494 e. The van der Waals surface area contributed by atoms with Gasteiger partial charge in [-0.05, 0) is 49.6 Å². The summed E-state index contributed by atoms with van der Waals surface area (Å²) in [6.07, 6.45) is 1.27. The fraction of sp³-hybridized carbons (Fsp3) is 0.625. The van der Waals surface area contributed by atoms with Gasteiger partial charge in [0.1, 0.15) is 5.75 Å². The van der Waals surface area contributed by atoms with Gasteiger partial charge in [0.25, 0.3) is 0 Å². The summed E-state index contributed by atoms with van der Waals surface area (Å²) in [6.45, 7) is 9.29. The van der Waals surface area contributed by atoms with Crippen LogP contribution in [-0.2, 0) is 5.75 Å². The predicted molar refractivity (Wildman–Crippen MR) is 85.8 cm³/mol. The summed E-state index contributed by atoms with van der Waals surface area (Å²) in [4.78, 5) is 0. The smallest absolute Gasteiger partial charge is 0.123 e. The van der Waals surface area contributed by atoms with Crippen LogP contribution >= 0.6 is 11.8 Å². The molecule has 3 heteroatoms. The lowest BCUT2D eigenvalue weighted by Crippen LogP contribution is -2.06. The molecular formula is C16H27NOS. The Morgan fingerprint density at radius 2 is 2.00 bits per heavy atom. The van der Waals surface area contributed by atoms with E-state index >= 15 is 0 Å². The van der Waals surface area contributed by atoms with Gasteiger partial charge in [0.2, 0.25) is 0 Å². The van der Waals surface area contributed by atoms with Crippen molar-refractivity contribution in [1.29, 1.82) is 0 Å². The van der Waals surface area contributed by atoms with Crippen molar-refractivity contribution >= 4 is 11.8 Å². The average molecular weight is 281 g/mol. The normalized spacial score (nSPS) is 12.7. The Balaban J connectivity index is 2.68. The molecule has 2 nitrogen and oxygen atoms in total. The summed E-state index contributed by atoms with van der Waals surface area (Å²) in [5.74, 6) is 3.98. The molecule has 0 fully saturated rings. The first-order valence-electron chi connectivity index (χ1n) is 7.13. The van der Waals surface area contributed by atoms with Crippen LogP contribution in [0.5, 0.6) is 5.75 Å². The molecule has 108 valence electrons. The van der Waals surface area contributed by atoms with E-state index in [9.17, 15) is 0 Å². The van der Waals surface area contributed by atoms with Crippen LogP contribution in [0, 0.1) is 5.92 Å². The molecule has 1 aromatic rings. The van der Waals surface area contributed by atoms with Gasteiger partial charge in [-0.25, -0.2) is 0 Å². The number of thioether (sulfide) groups is 1. The number of nitrogens with two attached hydrogens (primary N) is 1. The van der Waals surface area contributed by atoms with Crippen molar-refractivity contribution < 1.29 is 4.74 Å². The quantitative estimate of drug-likeness (QED) is 0.718. The fourth-order valence-corrected chi connectivity index (χ4v) is 3.02. The first-order valence-corrected chi connectivity index (χ1v) is 8.29. The minimum Gasteiger partial charge on any atom is -0.494 e. The Labute approximate surface area is 122 Å². The number of hydrogen-bond acceptors (Lipinski definition) is 3. The van der Waals surface area contributed by atoms with Gasteiger partial charge in [-0.1, -0.05) is 19.9 Å². The van der Waals surface area contributed by atoms with Crippen LogP contribution in [0.2, 0.25) is 0 Å². The molecule has 0 aromatic heterocycles. The summed E-state index contributed by atoms with van der Waals surface area (Å²) < 4.78 is 5.70. The van der Waals surface area contributed by atoms with Crippen molar-refractivity contribution in [2.45, 2.75) is 45.9 Å². The topological polar surface area (TPSA) is 35.2 Å². The summed E-state index contributed by atoms with van der Waals surface area (Å²) in [5.41, 5.74) is 8.41. The third-order valence-electron chi connectivity index (χ3n) is 3.01. The van der Waals surface area contributed by atoms with Crippen molar-refractivity contribution in [1.82, 2.24) is 0 Å². The van der Waals surface area contributed by atoms with Crippen molar-refractivity contribution in [3.8, 4) is 5.75 Å². The highest BCUT2D eigenvalue weighted by Gasteiger charge is 2.08. The maximum Gasteiger partial charge on any atom is 0.123 e. The molecule has 1 unspecified atom stereocenters. The zero-order valence-corrected chi connectivity index (χ0v) is 13.4. The number of ether oxygens (including phenoxy) is 1. The van der Waals surface area contributed by atoms with Crippen LogP contribution in [0.1, 0.15) is 51.3 Å². The highest BCUT2D eigenvalue weighted by Crippen LogP contribution is 2.27. The molecule has 0 heterocycles. The van der Waals surface area contributed by atoms with Crippen LogP contribution < -0.4 is 10.5 Å². The van der Waals surface area contributed by atoms with Crippen molar-refractivity contribution in [3.05, 3.63) is 29.3 Å². The van der Waals surface area contributed by atoms with Gasteiger partial charge in [0.05, 0.1) is 6.61 Å². The van der Waals surface area contributed by atoms with E-state index in [4.69, 9.17) is 10.5 Å². The van der Waals surface area contributed by atoms with Gasteiger partial charge in [-0.2, -0.15) is 11.8 Å². The molecule has 0 radical (unpaired) electrons. The minimum absolute atomic E-state index is 0.0788. The van der Waals surface area contributed by atoms with E-state index in [1.165, 1.54) is 23.3 Å². The van der Waals surface area contributed by atoms with Gasteiger partial charge >= 0.3 is 0 Å². The molecule has 1 atom stereocenters. The second-order valence-corrected chi connectivity index (χ2v) is 6.43. The molecule has 1 rings (SSSR count). The Morgan fingerprint density at radius 3 is 2.58 bits per heavy atom. The third-order valence-corrected chi connectivity index (χ3v) is 4.05. The van der Waals surface area contributed by atoms with E-state index in [1.54, 1.807) is 0 Å². The standard InChI is InChI=1S/C16H27NOS/c1-5-18-16-7-6-14(13(4)17)10-15(16)11-19-9-8-12(2)3/h6-7,10,12-13H,5,8-9,11,17H2,1-4H3. The molecule has 0 amide bonds. The van der Waals surface area contributed by atoms with Crippen molar-refractivity contribution in [2.24, 2.45) is 11.7 Å². The van der Waals surface area contributed by atoms with Gasteiger partial charge in [-0.3, -0.25) is 0 Å². The highest BCUT2D eigenvalue weighted by atomic mass is 32.2. The highest BCUT2D eigenvalue weighted by molar-refractivity contribution is 7.98. The third kappa shape index (κ3) is 5.87. The molecule has 0 bridgehead atoms. The molecule has 2 N–H and O–H groups in total. The lowest BCUT2D eigenvalue weighted by atomic mass is 10.1. The number of benzene rings is 1. The second kappa shape index (κ2) is 8.49. The van der Waals surface area contributed by atoms with E-state index in [2.05, 4.69) is 32.0 Å². The zero-order chi connectivity index (χ0) is 14.3. The second-order valence-electron chi connectivity index (χ2n) is 5.32. The van der Waals surface area contributed by atoms with Gasteiger partial charge < -0.3 is 10.5 Å². The van der Waals surface area contributed by atoms with Crippen LogP contribution in [-0.4, -0.2) is 12.4 Å². The Hall–Kier alpha value is -0.670. The van der Waals surface area contributed by atoms with E-state index in [-0.39, 0.29) is 6.04 Å². The molecule has 0 aliphatic heterocycles. The van der Waals surface area contributed by atoms with Crippen LogP contribution in [0.4, 0.5) is 0 Å². The van der Waals surface area contributed by atoms with E-state index in [0.29, 0.717) is 6.61 Å². The number of rotatable bonds is 8. The molecule has 0 spiro atoms. The predicted octanol–water partition coefficient (Wildman–Crippen LogP) is 4.38. The maximum atomic E-state index is 5.95. The van der Waals surface area contributed by atoms with Crippen molar-refractivity contribution in [3.63, 3.8) is 0 Å². The fourth-order valence-electron chi connectivity index (χ4n) is 1.79. The molecule has 0 saturated heterocycles. The lowest BCUT2D eigenvalue weighted by molar-refractivity contribution is 0.337. The first-order chi connectivity index (χ1) is 9.04. The van der Waals surface area contributed by atoms with Gasteiger partial charge in [0.15, 0.2) is 0 Å². The summed E-state index contributed by atoms with van der Waals surface area (Å²) in [6, 6.07) is 6.39. The Morgan fingerprint density at radius 1 is 1.26 bits per heavy atom. The SMILES string of the molecule is CCOc1ccc(C(C)N)cc1CSCCC(C)C. The minimum atomic E-state index is 0.0788. The molecule has 1 aromatic carbocycles. The molecule has 0 aliphatic rings. The van der Waals surface area contributed by atoms with E-state index in [1.807, 2.05) is 25.6 Å². The molecule has 19 heavy (non-hydrogen) atoms. The van der Waals surface area contributed by atoms with E-state index < -0.39 is 0 Å².